The summed E-state index contributed by atoms with van der Waals surface area (Å²) in [6.45, 7) is 2.04. The first kappa shape index (κ1) is 11.8. The Bertz CT molecular complexity index is 524. The van der Waals surface area contributed by atoms with Gasteiger partial charge in [-0.3, -0.25) is 4.68 Å². The molecule has 0 amide bonds. The van der Waals surface area contributed by atoms with Gasteiger partial charge in [0.1, 0.15) is 5.75 Å². The van der Waals surface area contributed by atoms with E-state index in [1.54, 1.807) is 22.9 Å². The molecule has 0 fully saturated rings. The van der Waals surface area contributed by atoms with Crippen molar-refractivity contribution in [1.82, 2.24) is 9.78 Å². The van der Waals surface area contributed by atoms with Crippen LogP contribution in [0, 0.1) is 0 Å². The van der Waals surface area contributed by atoms with Gasteiger partial charge in [0.25, 0.3) is 0 Å². The van der Waals surface area contributed by atoms with Gasteiger partial charge < -0.3 is 10.4 Å². The monoisotopic (exact) mass is 251 g/mol. The van der Waals surface area contributed by atoms with Crippen LogP contribution in [0.5, 0.6) is 5.75 Å². The number of hydrogen-bond acceptors (Lipinski definition) is 3. The number of aromatic nitrogens is 2. The van der Waals surface area contributed by atoms with E-state index in [-0.39, 0.29) is 11.8 Å². The standard InChI is InChI=1S/C12H14ClN3O/c1-8(9-6-14-16(2)7-9)15-10-3-4-12(17)11(13)5-10/h3-8,15,17H,1-2H3. The van der Waals surface area contributed by atoms with E-state index in [1.165, 1.54) is 0 Å². The molecule has 0 saturated carbocycles. The van der Waals surface area contributed by atoms with E-state index in [9.17, 15) is 5.11 Å². The number of benzene rings is 1. The van der Waals surface area contributed by atoms with Gasteiger partial charge in [0, 0.05) is 24.5 Å². The molecule has 0 radical (unpaired) electrons. The molecular formula is C12H14ClN3O. The van der Waals surface area contributed by atoms with Gasteiger partial charge in [0.05, 0.1) is 17.3 Å². The van der Waals surface area contributed by atoms with Gasteiger partial charge in [0.2, 0.25) is 0 Å². The van der Waals surface area contributed by atoms with Crippen molar-refractivity contribution in [2.45, 2.75) is 13.0 Å². The van der Waals surface area contributed by atoms with Gasteiger partial charge in [-0.1, -0.05) is 11.6 Å². The first-order valence-electron chi connectivity index (χ1n) is 5.30. The van der Waals surface area contributed by atoms with Crippen LogP contribution >= 0.6 is 11.6 Å². The highest BCUT2D eigenvalue weighted by molar-refractivity contribution is 6.32. The highest BCUT2D eigenvalue weighted by Crippen LogP contribution is 2.28. The van der Waals surface area contributed by atoms with E-state index in [0.717, 1.165) is 11.3 Å². The third-order valence-corrected chi connectivity index (χ3v) is 2.86. The van der Waals surface area contributed by atoms with E-state index < -0.39 is 0 Å². The van der Waals surface area contributed by atoms with Crippen molar-refractivity contribution < 1.29 is 5.11 Å². The van der Waals surface area contributed by atoms with Crippen molar-refractivity contribution in [2.24, 2.45) is 7.05 Å². The predicted molar refractivity (Wildman–Crippen MR) is 68.4 cm³/mol. The van der Waals surface area contributed by atoms with Crippen LogP contribution in [0.3, 0.4) is 0 Å². The second kappa shape index (κ2) is 4.67. The topological polar surface area (TPSA) is 50.1 Å². The fourth-order valence-electron chi connectivity index (χ4n) is 1.59. The molecule has 1 aromatic carbocycles. The lowest BCUT2D eigenvalue weighted by Gasteiger charge is -2.14. The SMILES string of the molecule is CC(Nc1ccc(O)c(Cl)c1)c1cnn(C)c1. The molecule has 1 atom stereocenters. The molecule has 1 unspecified atom stereocenters. The van der Waals surface area contributed by atoms with Gasteiger partial charge in [-0.2, -0.15) is 5.10 Å². The number of rotatable bonds is 3. The number of phenols is 1. The molecule has 0 aliphatic heterocycles. The molecule has 0 bridgehead atoms. The number of phenolic OH excluding ortho intramolecular Hbond substituents is 1. The zero-order valence-electron chi connectivity index (χ0n) is 9.68. The van der Waals surface area contributed by atoms with Crippen LogP contribution in [0.25, 0.3) is 0 Å². The zero-order valence-corrected chi connectivity index (χ0v) is 10.4. The molecule has 90 valence electrons. The van der Waals surface area contributed by atoms with Gasteiger partial charge in [0.15, 0.2) is 0 Å². The molecule has 1 aromatic heterocycles. The number of aryl methyl sites for hydroxylation is 1. The predicted octanol–water partition coefficient (Wildman–Crippen LogP) is 2.95. The molecule has 17 heavy (non-hydrogen) atoms. The van der Waals surface area contributed by atoms with Crippen molar-refractivity contribution >= 4 is 17.3 Å². The lowest BCUT2D eigenvalue weighted by molar-refractivity contribution is 0.475. The fourth-order valence-corrected chi connectivity index (χ4v) is 1.77. The average molecular weight is 252 g/mol. The molecule has 2 N–H and O–H groups in total. The lowest BCUT2D eigenvalue weighted by atomic mass is 10.2. The maximum Gasteiger partial charge on any atom is 0.134 e. The number of hydrogen-bond donors (Lipinski definition) is 2. The third kappa shape index (κ3) is 2.71. The smallest absolute Gasteiger partial charge is 0.134 e. The quantitative estimate of drug-likeness (QED) is 0.825. The maximum absolute atomic E-state index is 9.33. The average Bonchev–Trinajstić information content (AvgIpc) is 2.70. The molecular weight excluding hydrogens is 238 g/mol. The largest absolute Gasteiger partial charge is 0.506 e. The van der Waals surface area contributed by atoms with Crippen LogP contribution in [0.1, 0.15) is 18.5 Å². The molecule has 2 rings (SSSR count). The lowest BCUT2D eigenvalue weighted by Crippen LogP contribution is -2.05. The minimum absolute atomic E-state index is 0.0891. The van der Waals surface area contributed by atoms with Crippen molar-refractivity contribution in [2.75, 3.05) is 5.32 Å². The van der Waals surface area contributed by atoms with Crippen LogP contribution in [0.4, 0.5) is 5.69 Å². The van der Waals surface area contributed by atoms with Crippen LogP contribution < -0.4 is 5.32 Å². The molecule has 2 aromatic rings. The first-order valence-corrected chi connectivity index (χ1v) is 5.67. The molecule has 0 aliphatic carbocycles. The van der Waals surface area contributed by atoms with Crippen molar-refractivity contribution in [3.8, 4) is 5.75 Å². The maximum atomic E-state index is 9.33. The van der Waals surface area contributed by atoms with Crippen LogP contribution in [0.2, 0.25) is 5.02 Å². The van der Waals surface area contributed by atoms with Crippen LogP contribution in [0.15, 0.2) is 30.6 Å². The summed E-state index contributed by atoms with van der Waals surface area (Å²) in [5, 5.41) is 17.1. The Kier molecular flexibility index (Phi) is 3.24. The Balaban J connectivity index is 2.12. The van der Waals surface area contributed by atoms with E-state index >= 15 is 0 Å². The molecule has 5 heteroatoms. The van der Waals surface area contributed by atoms with E-state index in [2.05, 4.69) is 10.4 Å². The van der Waals surface area contributed by atoms with Crippen LogP contribution in [-0.2, 0) is 7.05 Å². The van der Waals surface area contributed by atoms with Gasteiger partial charge in [-0.25, -0.2) is 0 Å². The summed E-state index contributed by atoms with van der Waals surface area (Å²) in [6, 6.07) is 5.18. The van der Waals surface area contributed by atoms with Crippen molar-refractivity contribution in [3.05, 3.63) is 41.2 Å². The summed E-state index contributed by atoms with van der Waals surface area (Å²) in [4.78, 5) is 0. The molecule has 4 nitrogen and oxygen atoms in total. The van der Waals surface area contributed by atoms with E-state index in [1.807, 2.05) is 26.4 Å². The number of aromatic hydroxyl groups is 1. The molecule has 1 heterocycles. The van der Waals surface area contributed by atoms with E-state index in [0.29, 0.717) is 5.02 Å². The highest BCUT2D eigenvalue weighted by Gasteiger charge is 2.08. The Morgan fingerprint density at radius 1 is 1.47 bits per heavy atom. The minimum Gasteiger partial charge on any atom is -0.506 e. The van der Waals surface area contributed by atoms with Gasteiger partial charge >= 0.3 is 0 Å². The number of nitrogens with zero attached hydrogens (tertiary/aromatic N) is 2. The molecule has 0 aliphatic rings. The molecule has 0 saturated heterocycles. The second-order valence-corrected chi connectivity index (χ2v) is 4.39. The first-order chi connectivity index (χ1) is 8.06. The van der Waals surface area contributed by atoms with Gasteiger partial charge in [-0.15, -0.1) is 0 Å². The Hall–Kier alpha value is -1.68. The number of nitrogens with one attached hydrogen (secondary N) is 1. The summed E-state index contributed by atoms with van der Waals surface area (Å²) in [6.07, 6.45) is 3.78. The van der Waals surface area contributed by atoms with Crippen molar-refractivity contribution in [1.29, 1.82) is 0 Å². The Morgan fingerprint density at radius 3 is 2.82 bits per heavy atom. The molecule has 0 spiro atoms. The van der Waals surface area contributed by atoms with Gasteiger partial charge in [-0.05, 0) is 25.1 Å². The summed E-state index contributed by atoms with van der Waals surface area (Å²) < 4.78 is 1.76. The van der Waals surface area contributed by atoms with Crippen LogP contribution in [-0.4, -0.2) is 14.9 Å². The van der Waals surface area contributed by atoms with E-state index in [4.69, 9.17) is 11.6 Å². The normalized spacial score (nSPS) is 12.4. The summed E-state index contributed by atoms with van der Waals surface area (Å²) >= 11 is 5.84. The number of anilines is 1. The van der Waals surface area contributed by atoms with Crippen molar-refractivity contribution in [3.63, 3.8) is 0 Å². The highest BCUT2D eigenvalue weighted by atomic mass is 35.5. The second-order valence-electron chi connectivity index (χ2n) is 3.98. The number of halogens is 1. The zero-order chi connectivity index (χ0) is 12.4. The Labute approximate surface area is 105 Å². The third-order valence-electron chi connectivity index (χ3n) is 2.56. The fraction of sp³-hybridized carbons (Fsp3) is 0.250. The summed E-state index contributed by atoms with van der Waals surface area (Å²) in [5.74, 6) is 0.0891. The Morgan fingerprint density at radius 2 is 2.24 bits per heavy atom. The minimum atomic E-state index is 0.0891. The summed E-state index contributed by atoms with van der Waals surface area (Å²) in [5.41, 5.74) is 1.96. The summed E-state index contributed by atoms with van der Waals surface area (Å²) in [7, 11) is 1.88.